The van der Waals surface area contributed by atoms with E-state index in [1.807, 2.05) is 13.0 Å². The molecule has 0 bridgehead atoms. The van der Waals surface area contributed by atoms with Crippen molar-refractivity contribution in [2.75, 3.05) is 0 Å². The molecule has 1 unspecified atom stereocenters. The Morgan fingerprint density at radius 3 is 2.47 bits per heavy atom. The second kappa shape index (κ2) is 4.91. The number of rotatable bonds is 4. The normalized spacial score (nSPS) is 32.8. The van der Waals surface area contributed by atoms with Gasteiger partial charge in [0.05, 0.1) is 5.97 Å². The third kappa shape index (κ3) is 2.68. The van der Waals surface area contributed by atoms with Crippen LogP contribution in [0.25, 0.3) is 0 Å². The zero-order valence-electron chi connectivity index (χ0n) is 10.8. The van der Waals surface area contributed by atoms with E-state index >= 15 is 0 Å². The molecule has 0 spiro atoms. The molecule has 0 aliphatic heterocycles. The highest BCUT2D eigenvalue weighted by atomic mass is 16.4. The van der Waals surface area contributed by atoms with Crippen molar-refractivity contribution in [3.05, 3.63) is 37.0 Å². The molecule has 0 aromatic rings. The van der Waals surface area contributed by atoms with Gasteiger partial charge in [-0.1, -0.05) is 31.7 Å². The van der Waals surface area contributed by atoms with Gasteiger partial charge < -0.3 is 9.90 Å². The van der Waals surface area contributed by atoms with E-state index in [4.69, 9.17) is 0 Å². The van der Waals surface area contributed by atoms with Gasteiger partial charge in [-0.25, -0.2) is 0 Å². The molecule has 0 N–H and O–H groups in total. The number of carboxylic acids is 1. The van der Waals surface area contributed by atoms with Crippen LogP contribution in [0.4, 0.5) is 0 Å². The van der Waals surface area contributed by atoms with Gasteiger partial charge in [0.1, 0.15) is 0 Å². The van der Waals surface area contributed by atoms with Crippen molar-refractivity contribution < 1.29 is 9.90 Å². The minimum Gasteiger partial charge on any atom is -0.545 e. The Bertz CT molecular complexity index is 367. The number of aliphatic carboxylic acids is 1. The van der Waals surface area contributed by atoms with Crippen LogP contribution in [0.1, 0.15) is 33.1 Å². The molecule has 1 rings (SSSR count). The number of carbonyl (C=O) groups excluding carboxylic acids is 1. The van der Waals surface area contributed by atoms with Crippen LogP contribution in [0.5, 0.6) is 0 Å². The van der Waals surface area contributed by atoms with E-state index in [-0.39, 0.29) is 22.8 Å². The first-order chi connectivity index (χ1) is 7.81. The lowest BCUT2D eigenvalue weighted by Gasteiger charge is -2.44. The maximum absolute atomic E-state index is 10.9. The molecule has 1 fully saturated rings. The van der Waals surface area contributed by atoms with Gasteiger partial charge in [-0.05, 0) is 49.0 Å². The first-order valence-electron chi connectivity index (χ1n) is 6.01. The standard InChI is InChI=1S/C15H22O2/c1-6-15(5)8-7-12(11(4)14(16)17)9-13(15)10(2)3/h6,12-13H,1-2,4,7-9H2,3,5H3,(H,16,17)/p-1/t12-,13?,15-/m1/s1. The van der Waals surface area contributed by atoms with Gasteiger partial charge >= 0.3 is 0 Å². The minimum atomic E-state index is -1.13. The van der Waals surface area contributed by atoms with E-state index in [2.05, 4.69) is 26.7 Å². The van der Waals surface area contributed by atoms with Crippen LogP contribution in [0.3, 0.4) is 0 Å². The second-order valence-electron chi connectivity index (χ2n) is 5.39. The van der Waals surface area contributed by atoms with Crippen molar-refractivity contribution in [1.82, 2.24) is 0 Å². The fraction of sp³-hybridized carbons (Fsp3) is 0.533. The Morgan fingerprint density at radius 1 is 1.47 bits per heavy atom. The molecule has 0 aromatic carbocycles. The van der Waals surface area contributed by atoms with Gasteiger partial charge in [0.2, 0.25) is 0 Å². The van der Waals surface area contributed by atoms with Crippen LogP contribution < -0.4 is 5.11 Å². The molecule has 0 radical (unpaired) electrons. The predicted octanol–water partition coefficient (Wildman–Crippen LogP) is 2.48. The van der Waals surface area contributed by atoms with Gasteiger partial charge in [0.15, 0.2) is 0 Å². The maximum Gasteiger partial charge on any atom is 0.0671 e. The summed E-state index contributed by atoms with van der Waals surface area (Å²) < 4.78 is 0. The quantitative estimate of drug-likeness (QED) is 0.553. The van der Waals surface area contributed by atoms with Crippen molar-refractivity contribution in [1.29, 1.82) is 0 Å². The summed E-state index contributed by atoms with van der Waals surface area (Å²) in [6.07, 6.45) is 4.51. The molecule has 94 valence electrons. The van der Waals surface area contributed by atoms with Crippen molar-refractivity contribution in [2.45, 2.75) is 33.1 Å². The van der Waals surface area contributed by atoms with E-state index < -0.39 is 5.97 Å². The average Bonchev–Trinajstić information content (AvgIpc) is 2.28. The molecule has 0 saturated heterocycles. The van der Waals surface area contributed by atoms with Crippen molar-refractivity contribution in [2.24, 2.45) is 17.3 Å². The second-order valence-corrected chi connectivity index (χ2v) is 5.39. The lowest BCUT2D eigenvalue weighted by molar-refractivity contribution is -0.300. The summed E-state index contributed by atoms with van der Waals surface area (Å²) in [6.45, 7) is 15.7. The van der Waals surface area contributed by atoms with Crippen LogP contribution in [-0.4, -0.2) is 5.97 Å². The first-order valence-corrected chi connectivity index (χ1v) is 6.01. The summed E-state index contributed by atoms with van der Waals surface area (Å²) in [5.41, 5.74) is 1.33. The highest BCUT2D eigenvalue weighted by Gasteiger charge is 2.38. The molecule has 0 heterocycles. The van der Waals surface area contributed by atoms with E-state index in [0.717, 1.165) is 24.8 Å². The van der Waals surface area contributed by atoms with Gasteiger partial charge in [-0.3, -0.25) is 0 Å². The number of allylic oxidation sites excluding steroid dienone is 2. The first kappa shape index (κ1) is 13.8. The average molecular weight is 233 g/mol. The Morgan fingerprint density at radius 2 is 2.06 bits per heavy atom. The molecule has 1 aliphatic rings. The van der Waals surface area contributed by atoms with Gasteiger partial charge in [0.25, 0.3) is 0 Å². The molecule has 0 amide bonds. The summed E-state index contributed by atoms with van der Waals surface area (Å²) >= 11 is 0. The monoisotopic (exact) mass is 233 g/mol. The van der Waals surface area contributed by atoms with E-state index in [0.29, 0.717) is 0 Å². The summed E-state index contributed by atoms with van der Waals surface area (Å²) in [6, 6.07) is 0. The Kier molecular flexibility index (Phi) is 3.97. The lowest BCUT2D eigenvalue weighted by atomic mass is 9.61. The van der Waals surface area contributed by atoms with Gasteiger partial charge in [-0.15, -0.1) is 6.58 Å². The molecule has 17 heavy (non-hydrogen) atoms. The Balaban J connectivity index is 2.90. The van der Waals surface area contributed by atoms with Crippen molar-refractivity contribution >= 4 is 5.97 Å². The molecule has 0 aromatic heterocycles. The predicted molar refractivity (Wildman–Crippen MR) is 68.1 cm³/mol. The minimum absolute atomic E-state index is 0.00900. The SMILES string of the molecule is C=C[C@]1(C)CC[C@@H](C(=C)C(=O)[O-])CC1C(=C)C. The molecule has 2 heteroatoms. The van der Waals surface area contributed by atoms with E-state index in [9.17, 15) is 9.90 Å². The molecular formula is C15H21O2-. The van der Waals surface area contributed by atoms with Crippen molar-refractivity contribution in [3.8, 4) is 0 Å². The third-order valence-electron chi connectivity index (χ3n) is 4.16. The zero-order chi connectivity index (χ0) is 13.2. The number of carboxylic acid groups (broad SMARTS) is 1. The number of hydrogen-bond donors (Lipinski definition) is 0. The summed E-state index contributed by atoms with van der Waals surface area (Å²) in [7, 11) is 0. The number of hydrogen-bond acceptors (Lipinski definition) is 2. The smallest absolute Gasteiger partial charge is 0.0671 e. The highest BCUT2D eigenvalue weighted by Crippen LogP contribution is 2.48. The Hall–Kier alpha value is -1.31. The van der Waals surface area contributed by atoms with Crippen LogP contribution in [-0.2, 0) is 4.79 Å². The van der Waals surface area contributed by atoms with E-state index in [1.54, 1.807) is 0 Å². The van der Waals surface area contributed by atoms with Crippen LogP contribution in [0, 0.1) is 17.3 Å². The summed E-state index contributed by atoms with van der Waals surface area (Å²) in [5.74, 6) is -0.845. The van der Waals surface area contributed by atoms with Crippen molar-refractivity contribution in [3.63, 3.8) is 0 Å². The van der Waals surface area contributed by atoms with Crippen LogP contribution >= 0.6 is 0 Å². The largest absolute Gasteiger partial charge is 0.545 e. The molecular weight excluding hydrogens is 212 g/mol. The van der Waals surface area contributed by atoms with Gasteiger partial charge in [-0.2, -0.15) is 0 Å². The molecule has 3 atom stereocenters. The molecule has 1 aliphatic carbocycles. The summed E-state index contributed by atoms with van der Waals surface area (Å²) in [5, 5.41) is 10.9. The number of carbonyl (C=O) groups is 1. The fourth-order valence-electron chi connectivity index (χ4n) is 2.82. The van der Waals surface area contributed by atoms with Gasteiger partial charge in [0, 0.05) is 0 Å². The van der Waals surface area contributed by atoms with Crippen LogP contribution in [0.2, 0.25) is 0 Å². The fourth-order valence-corrected chi connectivity index (χ4v) is 2.82. The Labute approximate surface area is 104 Å². The highest BCUT2D eigenvalue weighted by molar-refractivity contribution is 5.84. The third-order valence-corrected chi connectivity index (χ3v) is 4.16. The maximum atomic E-state index is 10.9. The lowest BCUT2D eigenvalue weighted by Crippen LogP contribution is -2.37. The van der Waals surface area contributed by atoms with Crippen LogP contribution in [0.15, 0.2) is 37.0 Å². The summed E-state index contributed by atoms with van der Waals surface area (Å²) in [4.78, 5) is 10.9. The topological polar surface area (TPSA) is 40.1 Å². The molecule has 2 nitrogen and oxygen atoms in total. The van der Waals surface area contributed by atoms with E-state index in [1.165, 1.54) is 0 Å². The zero-order valence-corrected chi connectivity index (χ0v) is 10.8. The molecule has 1 saturated carbocycles.